The third-order valence-corrected chi connectivity index (χ3v) is 3.11. The molecule has 112 valence electrons. The number of aromatic amines is 1. The maximum atomic E-state index is 12.3. The number of ether oxygens (including phenoxy) is 2. The second-order valence-corrected chi connectivity index (χ2v) is 4.34. The second kappa shape index (κ2) is 6.17. The van der Waals surface area contributed by atoms with E-state index in [0.717, 1.165) is 5.69 Å². The Balaban J connectivity index is 2.28. The average Bonchev–Trinajstić information content (AvgIpc) is 2.88. The molecule has 7 heteroatoms. The lowest BCUT2D eigenvalue weighted by atomic mass is 10.2. The summed E-state index contributed by atoms with van der Waals surface area (Å²) >= 11 is 0. The Labute approximate surface area is 122 Å². The molecule has 0 aliphatic carbocycles. The topological polar surface area (TPSA) is 102 Å². The number of hydrogen-bond acceptors (Lipinski definition) is 5. The van der Waals surface area contributed by atoms with Crippen molar-refractivity contribution >= 4 is 17.3 Å². The molecule has 7 nitrogen and oxygen atoms in total. The molecule has 4 N–H and O–H groups in total. The van der Waals surface area contributed by atoms with E-state index >= 15 is 0 Å². The van der Waals surface area contributed by atoms with Gasteiger partial charge in [-0.2, -0.15) is 5.10 Å². The minimum absolute atomic E-state index is 0.164. The van der Waals surface area contributed by atoms with Crippen LogP contribution >= 0.6 is 0 Å². The lowest BCUT2D eigenvalue weighted by Gasteiger charge is -2.11. The van der Waals surface area contributed by atoms with Crippen LogP contribution < -0.4 is 20.5 Å². The van der Waals surface area contributed by atoms with Crippen LogP contribution in [0.15, 0.2) is 18.2 Å². The fraction of sp³-hybridized carbons (Fsp3) is 0.286. The Kier molecular flexibility index (Phi) is 4.32. The van der Waals surface area contributed by atoms with Gasteiger partial charge in [-0.05, 0) is 18.6 Å². The zero-order valence-corrected chi connectivity index (χ0v) is 12.2. The summed E-state index contributed by atoms with van der Waals surface area (Å²) in [4.78, 5) is 12.3. The van der Waals surface area contributed by atoms with Crippen LogP contribution in [-0.4, -0.2) is 30.3 Å². The molecule has 0 spiro atoms. The molecule has 0 saturated heterocycles. The van der Waals surface area contributed by atoms with Crippen molar-refractivity contribution in [1.82, 2.24) is 10.2 Å². The molecule has 0 radical (unpaired) electrons. The Hall–Kier alpha value is -2.70. The number of methoxy groups -OCH3 is 2. The smallest absolute Gasteiger partial charge is 0.278 e. The molecule has 0 fully saturated rings. The van der Waals surface area contributed by atoms with E-state index in [-0.39, 0.29) is 5.69 Å². The van der Waals surface area contributed by atoms with Crippen molar-refractivity contribution in [3.05, 3.63) is 29.6 Å². The van der Waals surface area contributed by atoms with Gasteiger partial charge < -0.3 is 20.5 Å². The van der Waals surface area contributed by atoms with Crippen LogP contribution in [0.25, 0.3) is 0 Å². The number of amides is 1. The molecule has 0 aliphatic rings. The number of carbonyl (C=O) groups is 1. The van der Waals surface area contributed by atoms with E-state index in [1.165, 1.54) is 7.11 Å². The maximum Gasteiger partial charge on any atom is 0.278 e. The number of nitrogens with two attached hydrogens (primary N) is 1. The number of H-pyrrole nitrogens is 1. The Morgan fingerprint density at radius 2 is 2.14 bits per heavy atom. The summed E-state index contributed by atoms with van der Waals surface area (Å²) in [7, 11) is 3.07. The highest BCUT2D eigenvalue weighted by Crippen LogP contribution is 2.29. The number of aromatic nitrogens is 2. The van der Waals surface area contributed by atoms with Gasteiger partial charge in [0.05, 0.1) is 31.3 Å². The standard InChI is InChI=1S/C14H18N4O3/c1-4-9-12(15)13(18-17-9)14(19)16-10-7-8(20-2)5-6-11(10)21-3/h5-7H,4,15H2,1-3H3,(H,16,19)(H,17,18). The Morgan fingerprint density at radius 3 is 2.71 bits per heavy atom. The molecule has 0 unspecified atom stereocenters. The summed E-state index contributed by atoms with van der Waals surface area (Å²) in [5.74, 6) is 0.722. The molecular weight excluding hydrogens is 272 g/mol. The van der Waals surface area contributed by atoms with Gasteiger partial charge in [0.1, 0.15) is 11.5 Å². The van der Waals surface area contributed by atoms with E-state index < -0.39 is 5.91 Å². The molecule has 0 atom stereocenters. The number of nitrogens with one attached hydrogen (secondary N) is 2. The molecule has 0 bridgehead atoms. The maximum absolute atomic E-state index is 12.3. The van der Waals surface area contributed by atoms with E-state index in [1.54, 1.807) is 25.3 Å². The molecule has 0 saturated carbocycles. The number of aryl methyl sites for hydroxylation is 1. The number of nitrogens with zero attached hydrogens (tertiary/aromatic N) is 1. The summed E-state index contributed by atoms with van der Waals surface area (Å²) in [6.07, 6.45) is 0.675. The number of hydrogen-bond donors (Lipinski definition) is 3. The average molecular weight is 290 g/mol. The minimum atomic E-state index is -0.407. The van der Waals surface area contributed by atoms with E-state index in [0.29, 0.717) is 29.3 Å². The molecular formula is C14H18N4O3. The van der Waals surface area contributed by atoms with Gasteiger partial charge in [-0.25, -0.2) is 0 Å². The van der Waals surface area contributed by atoms with Gasteiger partial charge in [-0.3, -0.25) is 9.89 Å². The van der Waals surface area contributed by atoms with Crippen molar-refractivity contribution in [3.63, 3.8) is 0 Å². The van der Waals surface area contributed by atoms with Crippen LogP contribution in [0.5, 0.6) is 11.5 Å². The van der Waals surface area contributed by atoms with Gasteiger partial charge in [0.2, 0.25) is 0 Å². The molecule has 21 heavy (non-hydrogen) atoms. The summed E-state index contributed by atoms with van der Waals surface area (Å²) in [5.41, 5.74) is 7.63. The van der Waals surface area contributed by atoms with E-state index in [4.69, 9.17) is 15.2 Å². The lowest BCUT2D eigenvalue weighted by Crippen LogP contribution is -2.15. The molecule has 2 rings (SSSR count). The highest BCUT2D eigenvalue weighted by atomic mass is 16.5. The summed E-state index contributed by atoms with van der Waals surface area (Å²) in [6.45, 7) is 1.93. The monoisotopic (exact) mass is 290 g/mol. The predicted octanol–water partition coefficient (Wildman–Crippen LogP) is 1.82. The highest BCUT2D eigenvalue weighted by Gasteiger charge is 2.18. The number of anilines is 2. The van der Waals surface area contributed by atoms with Gasteiger partial charge in [-0.1, -0.05) is 6.92 Å². The first-order chi connectivity index (χ1) is 10.1. The minimum Gasteiger partial charge on any atom is -0.497 e. The number of benzene rings is 1. The van der Waals surface area contributed by atoms with Crippen LogP contribution in [0.1, 0.15) is 23.1 Å². The molecule has 1 aromatic heterocycles. The van der Waals surface area contributed by atoms with Crippen LogP contribution in [0.2, 0.25) is 0 Å². The van der Waals surface area contributed by atoms with Crippen molar-refractivity contribution in [2.45, 2.75) is 13.3 Å². The first-order valence-corrected chi connectivity index (χ1v) is 6.46. The van der Waals surface area contributed by atoms with Crippen molar-refractivity contribution in [2.75, 3.05) is 25.3 Å². The predicted molar refractivity (Wildman–Crippen MR) is 79.9 cm³/mol. The fourth-order valence-corrected chi connectivity index (χ4v) is 1.92. The number of carbonyl (C=O) groups excluding carboxylic acids is 1. The van der Waals surface area contributed by atoms with E-state index in [9.17, 15) is 4.79 Å². The molecule has 0 aliphatic heterocycles. The zero-order chi connectivity index (χ0) is 15.4. The van der Waals surface area contributed by atoms with E-state index in [2.05, 4.69) is 15.5 Å². The molecule has 1 amide bonds. The summed E-state index contributed by atoms with van der Waals surface area (Å²) < 4.78 is 10.3. The largest absolute Gasteiger partial charge is 0.497 e. The van der Waals surface area contributed by atoms with Gasteiger partial charge in [-0.15, -0.1) is 0 Å². The zero-order valence-electron chi connectivity index (χ0n) is 12.2. The van der Waals surface area contributed by atoms with Gasteiger partial charge in [0.15, 0.2) is 5.69 Å². The van der Waals surface area contributed by atoms with Crippen molar-refractivity contribution in [3.8, 4) is 11.5 Å². The van der Waals surface area contributed by atoms with Crippen LogP contribution in [0.3, 0.4) is 0 Å². The SMILES string of the molecule is CCc1[nH]nc(C(=O)Nc2cc(OC)ccc2OC)c1N. The summed E-state index contributed by atoms with van der Waals surface area (Å²) in [5, 5.41) is 9.42. The highest BCUT2D eigenvalue weighted by molar-refractivity contribution is 6.07. The molecule has 2 aromatic rings. The second-order valence-electron chi connectivity index (χ2n) is 4.34. The number of nitrogen functional groups attached to an aromatic ring is 1. The normalized spacial score (nSPS) is 10.2. The number of rotatable bonds is 5. The third kappa shape index (κ3) is 2.91. The van der Waals surface area contributed by atoms with Crippen LogP contribution in [0.4, 0.5) is 11.4 Å². The van der Waals surface area contributed by atoms with Gasteiger partial charge >= 0.3 is 0 Å². The lowest BCUT2D eigenvalue weighted by molar-refractivity contribution is 0.102. The third-order valence-electron chi connectivity index (χ3n) is 3.11. The Morgan fingerprint density at radius 1 is 1.38 bits per heavy atom. The van der Waals surface area contributed by atoms with Crippen molar-refractivity contribution in [2.24, 2.45) is 0 Å². The van der Waals surface area contributed by atoms with Crippen LogP contribution in [-0.2, 0) is 6.42 Å². The molecule has 1 aromatic carbocycles. The van der Waals surface area contributed by atoms with Gasteiger partial charge in [0, 0.05) is 6.07 Å². The van der Waals surface area contributed by atoms with E-state index in [1.807, 2.05) is 6.92 Å². The van der Waals surface area contributed by atoms with Crippen molar-refractivity contribution in [1.29, 1.82) is 0 Å². The first kappa shape index (κ1) is 14.7. The first-order valence-electron chi connectivity index (χ1n) is 6.46. The Bertz CT molecular complexity index is 652. The fourth-order valence-electron chi connectivity index (χ4n) is 1.92. The van der Waals surface area contributed by atoms with Gasteiger partial charge in [0.25, 0.3) is 5.91 Å². The van der Waals surface area contributed by atoms with Crippen LogP contribution in [0, 0.1) is 0 Å². The van der Waals surface area contributed by atoms with Crippen molar-refractivity contribution < 1.29 is 14.3 Å². The summed E-state index contributed by atoms with van der Waals surface area (Å²) in [6, 6.07) is 5.12. The molecule has 1 heterocycles. The quantitative estimate of drug-likeness (QED) is 0.779.